The SMILES string of the molecule is CCC1(OC(C)=O)C=CC(CC)([N+](=O)[O-])C=C1. The monoisotopic (exact) mass is 239 g/mol. The fraction of sp³-hybridized carbons (Fsp3) is 0.583. The molecule has 0 atom stereocenters. The van der Waals surface area contributed by atoms with Crippen molar-refractivity contribution in [2.45, 2.75) is 44.8 Å². The standard InChI is InChI=1S/C12H17NO4/c1-4-11(13(15)16)6-8-12(5-2,9-7-11)17-10(3)14/h6-9H,4-5H2,1-3H3. The van der Waals surface area contributed by atoms with Gasteiger partial charge >= 0.3 is 5.97 Å². The van der Waals surface area contributed by atoms with E-state index in [0.717, 1.165) is 0 Å². The van der Waals surface area contributed by atoms with Gasteiger partial charge in [-0.05, 0) is 30.7 Å². The van der Waals surface area contributed by atoms with E-state index in [4.69, 9.17) is 4.74 Å². The maximum absolute atomic E-state index is 11.0. The normalized spacial score (nSPS) is 31.2. The van der Waals surface area contributed by atoms with Gasteiger partial charge in [-0.1, -0.05) is 13.8 Å². The molecule has 0 aromatic rings. The highest BCUT2D eigenvalue weighted by molar-refractivity contribution is 5.67. The quantitative estimate of drug-likeness (QED) is 0.326. The van der Waals surface area contributed by atoms with Crippen molar-refractivity contribution in [2.75, 3.05) is 0 Å². The number of nitrogens with zero attached hydrogens (tertiary/aromatic N) is 1. The van der Waals surface area contributed by atoms with Crippen LogP contribution in [0.4, 0.5) is 0 Å². The summed E-state index contributed by atoms with van der Waals surface area (Å²) < 4.78 is 5.21. The Bertz CT molecular complexity index is 370. The molecule has 94 valence electrons. The van der Waals surface area contributed by atoms with Crippen LogP contribution in [-0.4, -0.2) is 22.0 Å². The van der Waals surface area contributed by atoms with Crippen molar-refractivity contribution in [3.05, 3.63) is 34.4 Å². The lowest BCUT2D eigenvalue weighted by molar-refractivity contribution is -0.541. The number of esters is 1. The first-order valence-corrected chi connectivity index (χ1v) is 5.64. The van der Waals surface area contributed by atoms with Crippen molar-refractivity contribution < 1.29 is 14.5 Å². The minimum Gasteiger partial charge on any atom is -0.451 e. The van der Waals surface area contributed by atoms with Crippen molar-refractivity contribution >= 4 is 5.97 Å². The zero-order valence-electron chi connectivity index (χ0n) is 10.3. The molecular weight excluding hydrogens is 222 g/mol. The number of nitro groups is 1. The summed E-state index contributed by atoms with van der Waals surface area (Å²) in [6.45, 7) is 4.94. The van der Waals surface area contributed by atoms with Crippen LogP contribution in [-0.2, 0) is 9.53 Å². The lowest BCUT2D eigenvalue weighted by Crippen LogP contribution is -2.40. The molecule has 0 heterocycles. The summed E-state index contributed by atoms with van der Waals surface area (Å²) in [5.41, 5.74) is -2.00. The third-order valence-corrected chi connectivity index (χ3v) is 3.10. The Balaban J connectivity index is 3.01. The third-order valence-electron chi connectivity index (χ3n) is 3.10. The number of hydrogen-bond donors (Lipinski definition) is 0. The molecule has 0 N–H and O–H groups in total. The molecule has 0 bridgehead atoms. The molecule has 0 saturated carbocycles. The molecule has 1 aliphatic carbocycles. The second-order valence-electron chi connectivity index (χ2n) is 4.17. The summed E-state index contributed by atoms with van der Waals surface area (Å²) in [6.07, 6.45) is 7.17. The average molecular weight is 239 g/mol. The highest BCUT2D eigenvalue weighted by Crippen LogP contribution is 2.31. The Kier molecular flexibility index (Phi) is 3.70. The molecule has 0 saturated heterocycles. The Labute approximate surface area is 100 Å². The average Bonchev–Trinajstić information content (AvgIpc) is 2.29. The van der Waals surface area contributed by atoms with E-state index in [9.17, 15) is 14.9 Å². The maximum atomic E-state index is 11.0. The van der Waals surface area contributed by atoms with Crippen LogP contribution in [0.5, 0.6) is 0 Å². The molecule has 0 spiro atoms. The lowest BCUT2D eigenvalue weighted by Gasteiger charge is -2.31. The van der Waals surface area contributed by atoms with Crippen molar-refractivity contribution in [1.29, 1.82) is 0 Å². The number of hydrogen-bond acceptors (Lipinski definition) is 4. The summed E-state index contributed by atoms with van der Waals surface area (Å²) in [4.78, 5) is 21.7. The Morgan fingerprint density at radius 2 is 1.76 bits per heavy atom. The van der Waals surface area contributed by atoms with Crippen LogP contribution in [0.15, 0.2) is 24.3 Å². The maximum Gasteiger partial charge on any atom is 0.303 e. The van der Waals surface area contributed by atoms with Crippen LogP contribution < -0.4 is 0 Å². The zero-order chi connectivity index (χ0) is 13.1. The van der Waals surface area contributed by atoms with Crippen molar-refractivity contribution in [3.8, 4) is 0 Å². The summed E-state index contributed by atoms with van der Waals surface area (Å²) in [7, 11) is 0. The number of rotatable bonds is 4. The van der Waals surface area contributed by atoms with Crippen molar-refractivity contribution in [3.63, 3.8) is 0 Å². The third kappa shape index (κ3) is 2.54. The Morgan fingerprint density at radius 3 is 2.06 bits per heavy atom. The van der Waals surface area contributed by atoms with E-state index in [1.807, 2.05) is 6.92 Å². The summed E-state index contributed by atoms with van der Waals surface area (Å²) in [5, 5.41) is 11.0. The van der Waals surface area contributed by atoms with Gasteiger partial charge in [-0.2, -0.15) is 0 Å². The van der Waals surface area contributed by atoms with E-state index in [0.29, 0.717) is 12.8 Å². The van der Waals surface area contributed by atoms with Gasteiger partial charge in [0.15, 0.2) is 0 Å². The van der Waals surface area contributed by atoms with Gasteiger partial charge in [0.2, 0.25) is 0 Å². The second-order valence-corrected chi connectivity index (χ2v) is 4.17. The van der Waals surface area contributed by atoms with Crippen LogP contribution in [0.2, 0.25) is 0 Å². The molecule has 0 aromatic heterocycles. The summed E-state index contributed by atoms with van der Waals surface area (Å²) in [6, 6.07) is 0. The first-order chi connectivity index (χ1) is 7.90. The highest BCUT2D eigenvalue weighted by Gasteiger charge is 2.41. The van der Waals surface area contributed by atoms with E-state index >= 15 is 0 Å². The minimum absolute atomic E-state index is 0.326. The van der Waals surface area contributed by atoms with E-state index < -0.39 is 17.1 Å². The highest BCUT2D eigenvalue weighted by atomic mass is 16.6. The Hall–Kier alpha value is -1.65. The van der Waals surface area contributed by atoms with Gasteiger partial charge in [-0.3, -0.25) is 14.9 Å². The second kappa shape index (κ2) is 4.69. The molecule has 0 aliphatic heterocycles. The van der Waals surface area contributed by atoms with E-state index in [-0.39, 0.29) is 4.92 Å². The number of carbonyl (C=O) groups is 1. The van der Waals surface area contributed by atoms with Gasteiger partial charge in [0.25, 0.3) is 5.54 Å². The first-order valence-electron chi connectivity index (χ1n) is 5.64. The van der Waals surface area contributed by atoms with E-state index in [1.165, 1.54) is 19.1 Å². The van der Waals surface area contributed by atoms with Crippen LogP contribution in [0, 0.1) is 10.1 Å². The van der Waals surface area contributed by atoms with E-state index in [2.05, 4.69) is 0 Å². The summed E-state index contributed by atoms with van der Waals surface area (Å²) >= 11 is 0. The van der Waals surface area contributed by atoms with Crippen LogP contribution in [0.1, 0.15) is 33.6 Å². The lowest BCUT2D eigenvalue weighted by atomic mass is 9.84. The molecule has 17 heavy (non-hydrogen) atoms. The predicted molar refractivity (Wildman–Crippen MR) is 63.1 cm³/mol. The van der Waals surface area contributed by atoms with Crippen LogP contribution in [0.25, 0.3) is 0 Å². The fourth-order valence-corrected chi connectivity index (χ4v) is 1.81. The number of ether oxygens (including phenoxy) is 1. The van der Waals surface area contributed by atoms with E-state index in [1.54, 1.807) is 19.1 Å². The fourth-order valence-electron chi connectivity index (χ4n) is 1.81. The van der Waals surface area contributed by atoms with Crippen molar-refractivity contribution in [2.24, 2.45) is 0 Å². The molecule has 0 fully saturated rings. The van der Waals surface area contributed by atoms with Gasteiger partial charge in [-0.15, -0.1) is 0 Å². The number of carbonyl (C=O) groups excluding carboxylic acids is 1. The van der Waals surface area contributed by atoms with Crippen LogP contribution in [0.3, 0.4) is 0 Å². The predicted octanol–water partition coefficient (Wildman–Crippen LogP) is 2.25. The molecule has 0 aromatic carbocycles. The topological polar surface area (TPSA) is 69.4 Å². The molecule has 0 amide bonds. The molecule has 0 unspecified atom stereocenters. The van der Waals surface area contributed by atoms with Gasteiger partial charge in [0.05, 0.1) is 0 Å². The molecule has 5 nitrogen and oxygen atoms in total. The van der Waals surface area contributed by atoms with Crippen LogP contribution >= 0.6 is 0 Å². The van der Waals surface area contributed by atoms with Crippen molar-refractivity contribution in [1.82, 2.24) is 0 Å². The zero-order valence-corrected chi connectivity index (χ0v) is 10.3. The molecular formula is C12H17NO4. The Morgan fingerprint density at radius 1 is 1.24 bits per heavy atom. The molecule has 5 heteroatoms. The smallest absolute Gasteiger partial charge is 0.303 e. The molecule has 1 rings (SSSR count). The minimum atomic E-state index is -1.17. The molecule has 0 radical (unpaired) electrons. The largest absolute Gasteiger partial charge is 0.451 e. The summed E-state index contributed by atoms with van der Waals surface area (Å²) in [5.74, 6) is -0.397. The first kappa shape index (κ1) is 13.4. The van der Waals surface area contributed by atoms with Gasteiger partial charge in [0.1, 0.15) is 5.60 Å². The van der Waals surface area contributed by atoms with Gasteiger partial charge < -0.3 is 4.74 Å². The van der Waals surface area contributed by atoms with Gasteiger partial charge in [-0.25, -0.2) is 0 Å². The van der Waals surface area contributed by atoms with Gasteiger partial charge in [0, 0.05) is 18.3 Å². The molecule has 1 aliphatic rings.